The van der Waals surface area contributed by atoms with Gasteiger partial charge in [0.25, 0.3) is 0 Å². The maximum atomic E-state index is 12.7. The van der Waals surface area contributed by atoms with E-state index in [9.17, 15) is 14.4 Å². The second-order valence-electron chi connectivity index (χ2n) is 15.4. The lowest BCUT2D eigenvalue weighted by atomic mass is 10.1. The topological polar surface area (TPSA) is 78.9 Å². The Bertz CT molecular complexity index is 1220. The Balaban J connectivity index is 4.43. The molecule has 0 bridgehead atoms. The van der Waals surface area contributed by atoms with E-state index in [2.05, 4.69) is 63.3 Å². The molecule has 0 aliphatic carbocycles. The van der Waals surface area contributed by atoms with Crippen LogP contribution in [-0.2, 0) is 28.6 Å². The van der Waals surface area contributed by atoms with Crippen LogP contribution < -0.4 is 0 Å². The molecular formula is C53H86O6. The van der Waals surface area contributed by atoms with Crippen LogP contribution in [0.15, 0.2) is 97.2 Å². The van der Waals surface area contributed by atoms with E-state index in [1.165, 1.54) is 103 Å². The largest absolute Gasteiger partial charge is 0.462 e. The molecule has 0 heterocycles. The van der Waals surface area contributed by atoms with E-state index in [-0.39, 0.29) is 31.6 Å². The molecule has 0 spiro atoms. The molecule has 0 rings (SSSR count). The molecular weight excluding hydrogens is 733 g/mol. The predicted molar refractivity (Wildman–Crippen MR) is 251 cm³/mol. The van der Waals surface area contributed by atoms with E-state index in [0.29, 0.717) is 25.7 Å². The lowest BCUT2D eigenvalue weighted by Gasteiger charge is -2.18. The van der Waals surface area contributed by atoms with Gasteiger partial charge in [0.1, 0.15) is 13.2 Å². The van der Waals surface area contributed by atoms with E-state index in [1.807, 2.05) is 54.7 Å². The Morgan fingerprint density at radius 3 is 1.22 bits per heavy atom. The quantitative estimate of drug-likeness (QED) is 0.0201. The summed E-state index contributed by atoms with van der Waals surface area (Å²) >= 11 is 0. The molecule has 0 aromatic rings. The van der Waals surface area contributed by atoms with Gasteiger partial charge in [-0.1, -0.05) is 201 Å². The van der Waals surface area contributed by atoms with Crippen molar-refractivity contribution in [2.75, 3.05) is 13.2 Å². The van der Waals surface area contributed by atoms with Gasteiger partial charge >= 0.3 is 17.9 Å². The number of allylic oxidation sites excluding steroid dienone is 16. The molecule has 6 heteroatoms. The number of esters is 3. The van der Waals surface area contributed by atoms with Crippen molar-refractivity contribution in [1.82, 2.24) is 0 Å². The summed E-state index contributed by atoms with van der Waals surface area (Å²) in [4.78, 5) is 37.7. The van der Waals surface area contributed by atoms with E-state index in [0.717, 1.165) is 44.9 Å². The Morgan fingerprint density at radius 2 is 0.695 bits per heavy atom. The summed E-state index contributed by atoms with van der Waals surface area (Å²) in [5.74, 6) is -1.04. The molecule has 0 aliphatic rings. The van der Waals surface area contributed by atoms with E-state index in [1.54, 1.807) is 0 Å². The highest BCUT2D eigenvalue weighted by Crippen LogP contribution is 2.13. The highest BCUT2D eigenvalue weighted by molar-refractivity contribution is 5.71. The highest BCUT2D eigenvalue weighted by atomic mass is 16.6. The number of carbonyl (C=O) groups excluding carboxylic acids is 3. The fourth-order valence-electron chi connectivity index (χ4n) is 6.11. The Kier molecular flexibility index (Phi) is 44.1. The van der Waals surface area contributed by atoms with Crippen molar-refractivity contribution in [3.05, 3.63) is 97.2 Å². The molecule has 6 nitrogen and oxygen atoms in total. The first-order chi connectivity index (χ1) is 29.0. The first-order valence-corrected chi connectivity index (χ1v) is 23.8. The minimum absolute atomic E-state index is 0.118. The third-order valence-electron chi connectivity index (χ3n) is 9.70. The van der Waals surface area contributed by atoms with Crippen LogP contribution in [0.1, 0.15) is 201 Å². The van der Waals surface area contributed by atoms with Gasteiger partial charge in [-0.05, 0) is 77.0 Å². The molecule has 0 aliphatic heterocycles. The van der Waals surface area contributed by atoms with Crippen LogP contribution in [-0.4, -0.2) is 37.2 Å². The van der Waals surface area contributed by atoms with Gasteiger partial charge < -0.3 is 14.2 Å². The van der Waals surface area contributed by atoms with E-state index < -0.39 is 12.1 Å². The molecule has 0 fully saturated rings. The normalized spacial score (nSPS) is 12.9. The minimum atomic E-state index is -0.825. The van der Waals surface area contributed by atoms with Crippen molar-refractivity contribution in [2.45, 2.75) is 207 Å². The molecule has 1 unspecified atom stereocenters. The first kappa shape index (κ1) is 55.3. The highest BCUT2D eigenvalue weighted by Gasteiger charge is 2.19. The SMILES string of the molecule is CC\C=C/C=C\C=C/C=C\C=C/CCCC(=O)OC(COC(=O)CCC/C=C\CCCCCC)COC(=O)CCCCCCCCCCCC/C=C\C=C/CCCCC. The zero-order valence-corrected chi connectivity index (χ0v) is 38.0. The molecule has 59 heavy (non-hydrogen) atoms. The zero-order chi connectivity index (χ0) is 43.0. The number of rotatable bonds is 41. The molecule has 1 atom stereocenters. The van der Waals surface area contributed by atoms with Crippen LogP contribution in [0.2, 0.25) is 0 Å². The zero-order valence-electron chi connectivity index (χ0n) is 38.0. The van der Waals surface area contributed by atoms with Crippen LogP contribution in [0.4, 0.5) is 0 Å². The lowest BCUT2D eigenvalue weighted by Crippen LogP contribution is -2.30. The van der Waals surface area contributed by atoms with Crippen LogP contribution >= 0.6 is 0 Å². The van der Waals surface area contributed by atoms with Gasteiger partial charge in [-0.3, -0.25) is 14.4 Å². The van der Waals surface area contributed by atoms with Crippen LogP contribution in [0.5, 0.6) is 0 Å². The van der Waals surface area contributed by atoms with Crippen molar-refractivity contribution in [2.24, 2.45) is 0 Å². The lowest BCUT2D eigenvalue weighted by molar-refractivity contribution is -0.167. The molecule has 334 valence electrons. The van der Waals surface area contributed by atoms with Crippen molar-refractivity contribution >= 4 is 17.9 Å². The molecule has 0 aromatic carbocycles. The van der Waals surface area contributed by atoms with Gasteiger partial charge in [0.15, 0.2) is 6.10 Å². The Morgan fingerprint density at radius 1 is 0.356 bits per heavy atom. The smallest absolute Gasteiger partial charge is 0.306 e. The maximum Gasteiger partial charge on any atom is 0.306 e. The fourth-order valence-corrected chi connectivity index (χ4v) is 6.11. The molecule has 0 aromatic heterocycles. The summed E-state index contributed by atoms with van der Waals surface area (Å²) in [5, 5.41) is 0. The third kappa shape index (κ3) is 45.3. The van der Waals surface area contributed by atoms with Gasteiger partial charge in [0, 0.05) is 19.3 Å². The van der Waals surface area contributed by atoms with Gasteiger partial charge in [-0.2, -0.15) is 0 Å². The minimum Gasteiger partial charge on any atom is -0.462 e. The number of carbonyl (C=O) groups is 3. The van der Waals surface area contributed by atoms with Gasteiger partial charge in [0.2, 0.25) is 0 Å². The Labute approximate surface area is 362 Å². The Hall–Kier alpha value is -3.67. The number of unbranched alkanes of at least 4 members (excludes halogenated alkanes) is 19. The van der Waals surface area contributed by atoms with Gasteiger partial charge in [-0.25, -0.2) is 0 Å². The summed E-state index contributed by atoms with van der Waals surface area (Å²) in [5.41, 5.74) is 0. The second kappa shape index (κ2) is 47.0. The third-order valence-corrected chi connectivity index (χ3v) is 9.70. The van der Waals surface area contributed by atoms with E-state index in [4.69, 9.17) is 14.2 Å². The van der Waals surface area contributed by atoms with Crippen molar-refractivity contribution in [3.63, 3.8) is 0 Å². The van der Waals surface area contributed by atoms with E-state index >= 15 is 0 Å². The van der Waals surface area contributed by atoms with Crippen LogP contribution in [0.3, 0.4) is 0 Å². The predicted octanol–water partition coefficient (Wildman–Crippen LogP) is 15.4. The summed E-state index contributed by atoms with van der Waals surface area (Å²) in [6.45, 7) is 6.32. The molecule has 0 N–H and O–H groups in total. The molecule has 0 saturated carbocycles. The average Bonchev–Trinajstić information content (AvgIpc) is 3.23. The van der Waals surface area contributed by atoms with Crippen molar-refractivity contribution < 1.29 is 28.6 Å². The average molecular weight is 819 g/mol. The summed E-state index contributed by atoms with van der Waals surface area (Å²) in [6, 6.07) is 0. The van der Waals surface area contributed by atoms with Crippen molar-refractivity contribution in [3.8, 4) is 0 Å². The summed E-state index contributed by atoms with van der Waals surface area (Å²) in [7, 11) is 0. The molecule has 0 radical (unpaired) electrons. The summed E-state index contributed by atoms with van der Waals surface area (Å²) in [6.07, 6.45) is 61.3. The summed E-state index contributed by atoms with van der Waals surface area (Å²) < 4.78 is 16.6. The van der Waals surface area contributed by atoms with Crippen LogP contribution in [0, 0.1) is 0 Å². The monoisotopic (exact) mass is 819 g/mol. The first-order valence-electron chi connectivity index (χ1n) is 23.8. The second-order valence-corrected chi connectivity index (χ2v) is 15.4. The van der Waals surface area contributed by atoms with Crippen LogP contribution in [0.25, 0.3) is 0 Å². The molecule has 0 amide bonds. The molecule has 0 saturated heterocycles. The van der Waals surface area contributed by atoms with Crippen molar-refractivity contribution in [1.29, 1.82) is 0 Å². The fraction of sp³-hybridized carbons (Fsp3) is 0.642. The number of ether oxygens (including phenoxy) is 3. The maximum absolute atomic E-state index is 12.7. The number of hydrogen-bond donors (Lipinski definition) is 0. The van der Waals surface area contributed by atoms with Gasteiger partial charge in [0.05, 0.1) is 0 Å². The van der Waals surface area contributed by atoms with Gasteiger partial charge in [-0.15, -0.1) is 0 Å². The number of hydrogen-bond acceptors (Lipinski definition) is 6. The standard InChI is InChI=1S/C53H86O6/c1-4-7-10-13-16-19-21-23-24-25-26-27-28-30-31-34-37-40-43-46-52(55)58-49-50(48-57-51(54)45-42-39-36-33-18-15-12-9-6-3)59-53(56)47-44-41-38-35-32-29-22-20-17-14-11-8-5-2/h8,11,14,16-17,19-23,29,32-33,35-36,38,50H,4-7,9-10,12-13,15,18,24-28,30-31,34,37,39-49H2,1-3H3/b11-8-,17-14-,19-16-,22-20-,23-21-,32-29-,36-33-,38-35-.